The summed E-state index contributed by atoms with van der Waals surface area (Å²) in [6.45, 7) is 2.04. The molecular formula is C10H10O4S. The molecule has 0 unspecified atom stereocenters. The van der Waals surface area contributed by atoms with Crippen molar-refractivity contribution in [1.82, 2.24) is 0 Å². The molecule has 0 aliphatic carbocycles. The highest BCUT2D eigenvalue weighted by Gasteiger charge is 2.14. The summed E-state index contributed by atoms with van der Waals surface area (Å²) in [6, 6.07) is 5.23. The smallest absolute Gasteiger partial charge is 0.481 e. The van der Waals surface area contributed by atoms with Crippen LogP contribution in [0.2, 0.25) is 0 Å². The molecule has 80 valence electrons. The zero-order valence-corrected chi connectivity index (χ0v) is 9.00. The Bertz CT molecular complexity index is 378. The Morgan fingerprint density at radius 2 is 2.47 bits per heavy atom. The number of hydrogen-bond acceptors (Lipinski definition) is 5. The molecule has 0 saturated carbocycles. The monoisotopic (exact) mass is 226 g/mol. The molecule has 15 heavy (non-hydrogen) atoms. The van der Waals surface area contributed by atoms with Crippen LogP contribution in [0.1, 0.15) is 6.92 Å². The molecule has 5 heteroatoms. The lowest BCUT2D eigenvalue weighted by atomic mass is 10.3. The second-order valence-corrected chi connectivity index (χ2v) is 3.76. The van der Waals surface area contributed by atoms with E-state index in [1.807, 2.05) is 0 Å². The highest BCUT2D eigenvalue weighted by Crippen LogP contribution is 2.38. The Labute approximate surface area is 91.5 Å². The average molecular weight is 226 g/mol. The lowest BCUT2D eigenvalue weighted by Crippen LogP contribution is -2.09. The molecule has 1 heterocycles. The predicted octanol–water partition coefficient (Wildman–Crippen LogP) is 2.66. The molecule has 0 saturated heterocycles. The second-order valence-electron chi connectivity index (χ2n) is 2.80. The van der Waals surface area contributed by atoms with Gasteiger partial charge in [0.15, 0.2) is 0 Å². The molecule has 0 aromatic heterocycles. The van der Waals surface area contributed by atoms with Crippen molar-refractivity contribution in [1.29, 1.82) is 0 Å². The number of thioether (sulfide) groups is 1. The highest BCUT2D eigenvalue weighted by atomic mass is 32.2. The molecule has 2 rings (SSSR count). The summed E-state index contributed by atoms with van der Waals surface area (Å²) in [4.78, 5) is 12.0. The van der Waals surface area contributed by atoms with E-state index in [0.717, 1.165) is 10.6 Å². The lowest BCUT2D eigenvalue weighted by Gasteiger charge is -2.04. The molecule has 0 bridgehead atoms. The number of carbonyl (C=O) groups is 1. The van der Waals surface area contributed by atoms with Gasteiger partial charge < -0.3 is 14.2 Å². The van der Waals surface area contributed by atoms with Crippen molar-refractivity contribution in [2.24, 2.45) is 0 Å². The van der Waals surface area contributed by atoms with E-state index in [2.05, 4.69) is 4.74 Å². The molecule has 0 fully saturated rings. The first-order valence-corrected chi connectivity index (χ1v) is 5.52. The standard InChI is InChI=1S/C10H10O4S/c1-2-12-10(11)14-7-3-4-8-9(5-7)15-6-13-8/h3-5H,2,6H2,1H3. The van der Waals surface area contributed by atoms with Gasteiger partial charge in [0.05, 0.1) is 11.5 Å². The van der Waals surface area contributed by atoms with E-state index in [4.69, 9.17) is 9.47 Å². The zero-order chi connectivity index (χ0) is 10.7. The molecule has 1 aliphatic rings. The molecular weight excluding hydrogens is 216 g/mol. The van der Waals surface area contributed by atoms with Crippen molar-refractivity contribution in [2.75, 3.05) is 12.5 Å². The maximum Gasteiger partial charge on any atom is 0.513 e. The molecule has 0 N–H and O–H groups in total. The number of benzene rings is 1. The molecule has 1 aliphatic heterocycles. The Kier molecular flexibility index (Phi) is 3.01. The van der Waals surface area contributed by atoms with Crippen LogP contribution in [-0.4, -0.2) is 18.7 Å². The summed E-state index contributed by atoms with van der Waals surface area (Å²) in [5.74, 6) is 1.92. The summed E-state index contributed by atoms with van der Waals surface area (Å²) in [5, 5.41) is 0. The molecule has 0 amide bonds. The molecule has 1 aromatic carbocycles. The minimum Gasteiger partial charge on any atom is -0.481 e. The average Bonchev–Trinajstić information content (AvgIpc) is 2.65. The van der Waals surface area contributed by atoms with E-state index in [9.17, 15) is 4.79 Å². The van der Waals surface area contributed by atoms with E-state index >= 15 is 0 Å². The first-order chi connectivity index (χ1) is 7.29. The van der Waals surface area contributed by atoms with Crippen LogP contribution in [0.5, 0.6) is 11.5 Å². The van der Waals surface area contributed by atoms with E-state index in [1.165, 1.54) is 0 Å². The fraction of sp³-hybridized carbons (Fsp3) is 0.300. The number of rotatable bonds is 2. The highest BCUT2D eigenvalue weighted by molar-refractivity contribution is 7.99. The number of ether oxygens (including phenoxy) is 3. The largest absolute Gasteiger partial charge is 0.513 e. The maximum absolute atomic E-state index is 11.0. The maximum atomic E-state index is 11.0. The van der Waals surface area contributed by atoms with Gasteiger partial charge in [-0.3, -0.25) is 0 Å². The number of hydrogen-bond donors (Lipinski definition) is 0. The van der Waals surface area contributed by atoms with Gasteiger partial charge in [0, 0.05) is 0 Å². The second kappa shape index (κ2) is 4.44. The first-order valence-electron chi connectivity index (χ1n) is 4.54. The summed E-state index contributed by atoms with van der Waals surface area (Å²) < 4.78 is 14.9. The topological polar surface area (TPSA) is 44.8 Å². The summed E-state index contributed by atoms with van der Waals surface area (Å²) in [6.07, 6.45) is -0.679. The van der Waals surface area contributed by atoms with Crippen molar-refractivity contribution in [3.8, 4) is 11.5 Å². The molecule has 0 spiro atoms. The van der Waals surface area contributed by atoms with Crippen LogP contribution in [-0.2, 0) is 4.74 Å². The van der Waals surface area contributed by atoms with E-state index in [-0.39, 0.29) is 0 Å². The normalized spacial score (nSPS) is 12.9. The van der Waals surface area contributed by atoms with Crippen LogP contribution in [0.15, 0.2) is 23.1 Å². The van der Waals surface area contributed by atoms with Gasteiger partial charge in [0.25, 0.3) is 0 Å². The molecule has 0 atom stereocenters. The first kappa shape index (κ1) is 10.2. The molecule has 1 aromatic rings. The van der Waals surface area contributed by atoms with Crippen molar-refractivity contribution in [2.45, 2.75) is 11.8 Å². The minimum atomic E-state index is -0.679. The molecule has 4 nitrogen and oxygen atoms in total. The van der Waals surface area contributed by atoms with Gasteiger partial charge in [0.2, 0.25) is 0 Å². The SMILES string of the molecule is CCOC(=O)Oc1ccc2c(c1)SCO2. The van der Waals surface area contributed by atoms with Crippen LogP contribution in [0, 0.1) is 0 Å². The van der Waals surface area contributed by atoms with E-state index in [1.54, 1.807) is 36.9 Å². The van der Waals surface area contributed by atoms with Crippen LogP contribution in [0.4, 0.5) is 4.79 Å². The van der Waals surface area contributed by atoms with Crippen molar-refractivity contribution >= 4 is 17.9 Å². The minimum absolute atomic E-state index is 0.307. The van der Waals surface area contributed by atoms with Gasteiger partial charge in [-0.25, -0.2) is 4.79 Å². The van der Waals surface area contributed by atoms with Crippen LogP contribution < -0.4 is 9.47 Å². The Morgan fingerprint density at radius 1 is 1.60 bits per heavy atom. The van der Waals surface area contributed by atoms with Crippen molar-refractivity contribution < 1.29 is 19.0 Å². The third kappa shape index (κ3) is 2.36. The lowest BCUT2D eigenvalue weighted by molar-refractivity contribution is 0.104. The zero-order valence-electron chi connectivity index (χ0n) is 8.19. The third-order valence-corrected chi connectivity index (χ3v) is 2.67. The van der Waals surface area contributed by atoms with Crippen LogP contribution in [0.25, 0.3) is 0 Å². The summed E-state index contributed by atoms with van der Waals surface area (Å²) in [5.41, 5.74) is 0. The van der Waals surface area contributed by atoms with E-state index < -0.39 is 6.16 Å². The molecule has 0 radical (unpaired) electrons. The van der Waals surface area contributed by atoms with Crippen LogP contribution >= 0.6 is 11.8 Å². The Morgan fingerprint density at radius 3 is 3.27 bits per heavy atom. The fourth-order valence-electron chi connectivity index (χ4n) is 1.18. The number of carbonyl (C=O) groups excluding carboxylic acids is 1. The fourth-order valence-corrected chi connectivity index (χ4v) is 1.97. The number of fused-ring (bicyclic) bond motifs is 1. The van der Waals surface area contributed by atoms with Gasteiger partial charge in [-0.15, -0.1) is 0 Å². The Balaban J connectivity index is 2.06. The van der Waals surface area contributed by atoms with Crippen molar-refractivity contribution in [3.05, 3.63) is 18.2 Å². The third-order valence-electron chi connectivity index (χ3n) is 1.81. The van der Waals surface area contributed by atoms with Gasteiger partial charge >= 0.3 is 6.16 Å². The summed E-state index contributed by atoms with van der Waals surface area (Å²) in [7, 11) is 0. The van der Waals surface area contributed by atoms with Gasteiger partial charge in [0.1, 0.15) is 17.4 Å². The summed E-state index contributed by atoms with van der Waals surface area (Å²) >= 11 is 1.57. The van der Waals surface area contributed by atoms with E-state index in [0.29, 0.717) is 18.3 Å². The van der Waals surface area contributed by atoms with Gasteiger partial charge in [-0.05, 0) is 25.1 Å². The quantitative estimate of drug-likeness (QED) is 0.573. The van der Waals surface area contributed by atoms with Crippen molar-refractivity contribution in [3.63, 3.8) is 0 Å². The predicted molar refractivity (Wildman–Crippen MR) is 55.4 cm³/mol. The van der Waals surface area contributed by atoms with Crippen LogP contribution in [0.3, 0.4) is 0 Å². The van der Waals surface area contributed by atoms with Gasteiger partial charge in [-0.2, -0.15) is 0 Å². The Hall–Kier alpha value is -1.36. The van der Waals surface area contributed by atoms with Gasteiger partial charge in [-0.1, -0.05) is 11.8 Å².